The summed E-state index contributed by atoms with van der Waals surface area (Å²) in [5.41, 5.74) is 5.90. The van der Waals surface area contributed by atoms with Gasteiger partial charge in [-0.3, -0.25) is 4.79 Å². The molecule has 3 heteroatoms. The lowest BCUT2D eigenvalue weighted by Gasteiger charge is -2.28. The molecule has 1 amide bonds. The fraction of sp³-hybridized carbons (Fsp3) is 0.929. The summed E-state index contributed by atoms with van der Waals surface area (Å²) in [4.78, 5) is 14.3. The van der Waals surface area contributed by atoms with E-state index in [0.717, 1.165) is 45.2 Å². The lowest BCUT2D eigenvalue weighted by molar-refractivity contribution is -0.132. The second-order valence-corrected chi connectivity index (χ2v) is 5.78. The third-order valence-electron chi connectivity index (χ3n) is 4.31. The van der Waals surface area contributed by atoms with Crippen molar-refractivity contribution >= 4 is 5.91 Å². The highest BCUT2D eigenvalue weighted by atomic mass is 16.2. The Morgan fingerprint density at radius 2 is 1.59 bits per heavy atom. The smallest absolute Gasteiger partial charge is 0.222 e. The molecule has 0 radical (unpaired) electrons. The highest BCUT2D eigenvalue weighted by Crippen LogP contribution is 2.26. The first kappa shape index (κ1) is 12.9. The molecule has 1 heterocycles. The molecule has 0 bridgehead atoms. The van der Waals surface area contributed by atoms with Gasteiger partial charge in [-0.25, -0.2) is 0 Å². The Morgan fingerprint density at radius 1 is 1.00 bits per heavy atom. The standard InChI is InChI=1S/C14H26N2O/c15-13-7-5-12(6-8-13)11-14(17)16-9-3-1-2-4-10-16/h12-13H,1-11,15H2. The second-order valence-electron chi connectivity index (χ2n) is 5.78. The lowest BCUT2D eigenvalue weighted by Crippen LogP contribution is -2.34. The first-order valence-electron chi connectivity index (χ1n) is 7.29. The molecular formula is C14H26N2O. The molecular weight excluding hydrogens is 212 g/mol. The van der Waals surface area contributed by atoms with Crippen molar-refractivity contribution in [1.29, 1.82) is 0 Å². The van der Waals surface area contributed by atoms with Crippen molar-refractivity contribution in [2.24, 2.45) is 11.7 Å². The van der Waals surface area contributed by atoms with E-state index in [1.807, 2.05) is 0 Å². The van der Waals surface area contributed by atoms with Crippen LogP contribution in [0.15, 0.2) is 0 Å². The fourth-order valence-electron chi connectivity index (χ4n) is 3.09. The van der Waals surface area contributed by atoms with E-state index in [0.29, 0.717) is 17.9 Å². The summed E-state index contributed by atoms with van der Waals surface area (Å²) in [5.74, 6) is 0.998. The molecule has 1 aliphatic carbocycles. The molecule has 1 saturated heterocycles. The molecule has 1 aliphatic heterocycles. The number of likely N-dealkylation sites (tertiary alicyclic amines) is 1. The number of nitrogens with zero attached hydrogens (tertiary/aromatic N) is 1. The van der Waals surface area contributed by atoms with Crippen LogP contribution in [-0.4, -0.2) is 29.9 Å². The molecule has 1 saturated carbocycles. The van der Waals surface area contributed by atoms with Gasteiger partial charge in [0.15, 0.2) is 0 Å². The summed E-state index contributed by atoms with van der Waals surface area (Å²) in [6.45, 7) is 1.98. The van der Waals surface area contributed by atoms with E-state index in [2.05, 4.69) is 4.90 Å². The van der Waals surface area contributed by atoms with Gasteiger partial charge >= 0.3 is 0 Å². The number of carbonyl (C=O) groups excluding carboxylic acids is 1. The van der Waals surface area contributed by atoms with E-state index < -0.39 is 0 Å². The Labute approximate surface area is 105 Å². The number of rotatable bonds is 2. The average Bonchev–Trinajstić information content (AvgIpc) is 2.61. The zero-order valence-electron chi connectivity index (χ0n) is 10.9. The number of nitrogens with two attached hydrogens (primary N) is 1. The van der Waals surface area contributed by atoms with E-state index in [-0.39, 0.29) is 0 Å². The Balaban J connectivity index is 1.75. The minimum absolute atomic E-state index is 0.388. The van der Waals surface area contributed by atoms with E-state index in [9.17, 15) is 4.79 Å². The van der Waals surface area contributed by atoms with Crippen LogP contribution in [0.5, 0.6) is 0 Å². The lowest BCUT2D eigenvalue weighted by atomic mass is 9.84. The predicted octanol–water partition coefficient (Wildman–Crippen LogP) is 2.30. The zero-order valence-corrected chi connectivity index (χ0v) is 10.9. The van der Waals surface area contributed by atoms with Crippen LogP contribution in [-0.2, 0) is 4.79 Å². The zero-order chi connectivity index (χ0) is 12.1. The molecule has 0 aromatic carbocycles. The molecule has 0 aromatic rings. The third-order valence-corrected chi connectivity index (χ3v) is 4.31. The maximum absolute atomic E-state index is 12.2. The Kier molecular flexibility index (Phi) is 4.84. The molecule has 98 valence electrons. The van der Waals surface area contributed by atoms with Gasteiger partial charge in [-0.2, -0.15) is 0 Å². The summed E-state index contributed by atoms with van der Waals surface area (Å²) in [5, 5.41) is 0. The molecule has 17 heavy (non-hydrogen) atoms. The summed E-state index contributed by atoms with van der Waals surface area (Å²) in [6, 6.07) is 0.388. The van der Waals surface area contributed by atoms with Gasteiger partial charge in [0, 0.05) is 25.6 Å². The normalized spacial score (nSPS) is 31.0. The Morgan fingerprint density at radius 3 is 2.18 bits per heavy atom. The van der Waals surface area contributed by atoms with Crippen LogP contribution in [0, 0.1) is 5.92 Å². The van der Waals surface area contributed by atoms with Gasteiger partial charge in [0.1, 0.15) is 0 Å². The molecule has 2 aliphatic rings. The summed E-state index contributed by atoms with van der Waals surface area (Å²) < 4.78 is 0. The topological polar surface area (TPSA) is 46.3 Å². The van der Waals surface area contributed by atoms with Crippen LogP contribution in [0.3, 0.4) is 0 Å². The SMILES string of the molecule is NC1CCC(CC(=O)N2CCCCCC2)CC1. The van der Waals surface area contributed by atoms with Gasteiger partial charge in [-0.05, 0) is 44.4 Å². The second kappa shape index (κ2) is 6.39. The number of amides is 1. The Hall–Kier alpha value is -0.570. The van der Waals surface area contributed by atoms with Crippen molar-refractivity contribution < 1.29 is 4.79 Å². The third kappa shape index (κ3) is 3.98. The van der Waals surface area contributed by atoms with Gasteiger partial charge in [-0.1, -0.05) is 12.8 Å². The van der Waals surface area contributed by atoms with Gasteiger partial charge < -0.3 is 10.6 Å². The summed E-state index contributed by atoms with van der Waals surface area (Å²) in [6.07, 6.45) is 10.3. The largest absolute Gasteiger partial charge is 0.343 e. The van der Waals surface area contributed by atoms with Crippen LogP contribution in [0.2, 0.25) is 0 Å². The Bertz CT molecular complexity index is 239. The maximum Gasteiger partial charge on any atom is 0.222 e. The number of carbonyl (C=O) groups is 1. The molecule has 3 nitrogen and oxygen atoms in total. The number of hydrogen-bond acceptors (Lipinski definition) is 2. The van der Waals surface area contributed by atoms with Crippen LogP contribution in [0.4, 0.5) is 0 Å². The predicted molar refractivity (Wildman–Crippen MR) is 69.6 cm³/mol. The van der Waals surface area contributed by atoms with Crippen LogP contribution >= 0.6 is 0 Å². The van der Waals surface area contributed by atoms with Crippen molar-refractivity contribution in [3.05, 3.63) is 0 Å². The minimum Gasteiger partial charge on any atom is -0.343 e. The van der Waals surface area contributed by atoms with Crippen LogP contribution in [0.1, 0.15) is 57.8 Å². The van der Waals surface area contributed by atoms with Crippen molar-refractivity contribution in [2.45, 2.75) is 63.8 Å². The van der Waals surface area contributed by atoms with E-state index in [4.69, 9.17) is 5.73 Å². The molecule has 0 aromatic heterocycles. The van der Waals surface area contributed by atoms with Crippen LogP contribution in [0.25, 0.3) is 0 Å². The van der Waals surface area contributed by atoms with E-state index in [1.165, 1.54) is 25.7 Å². The summed E-state index contributed by atoms with van der Waals surface area (Å²) >= 11 is 0. The molecule has 2 N–H and O–H groups in total. The highest BCUT2D eigenvalue weighted by molar-refractivity contribution is 5.76. The first-order chi connectivity index (χ1) is 8.25. The van der Waals surface area contributed by atoms with Crippen molar-refractivity contribution in [3.63, 3.8) is 0 Å². The van der Waals surface area contributed by atoms with E-state index >= 15 is 0 Å². The monoisotopic (exact) mass is 238 g/mol. The van der Waals surface area contributed by atoms with E-state index in [1.54, 1.807) is 0 Å². The van der Waals surface area contributed by atoms with Gasteiger partial charge in [-0.15, -0.1) is 0 Å². The van der Waals surface area contributed by atoms with Crippen molar-refractivity contribution in [2.75, 3.05) is 13.1 Å². The first-order valence-corrected chi connectivity index (χ1v) is 7.29. The number of hydrogen-bond donors (Lipinski definition) is 1. The quantitative estimate of drug-likeness (QED) is 0.802. The molecule has 2 rings (SSSR count). The van der Waals surface area contributed by atoms with Gasteiger partial charge in [0.05, 0.1) is 0 Å². The minimum atomic E-state index is 0.388. The van der Waals surface area contributed by atoms with Gasteiger partial charge in [0.25, 0.3) is 0 Å². The van der Waals surface area contributed by atoms with Gasteiger partial charge in [0.2, 0.25) is 5.91 Å². The molecule has 0 spiro atoms. The molecule has 2 fully saturated rings. The maximum atomic E-state index is 12.2. The molecule has 0 atom stereocenters. The summed E-state index contributed by atoms with van der Waals surface area (Å²) in [7, 11) is 0. The average molecular weight is 238 g/mol. The van der Waals surface area contributed by atoms with Crippen LogP contribution < -0.4 is 5.73 Å². The molecule has 0 unspecified atom stereocenters. The van der Waals surface area contributed by atoms with Crippen molar-refractivity contribution in [1.82, 2.24) is 4.90 Å². The highest BCUT2D eigenvalue weighted by Gasteiger charge is 2.23. The van der Waals surface area contributed by atoms with Crippen molar-refractivity contribution in [3.8, 4) is 0 Å². The fourth-order valence-corrected chi connectivity index (χ4v) is 3.09.